The number of anilines is 2. The Morgan fingerprint density at radius 3 is 2.48 bits per heavy atom. The van der Waals surface area contributed by atoms with Gasteiger partial charge in [-0.3, -0.25) is 4.79 Å². The molecule has 1 saturated carbocycles. The van der Waals surface area contributed by atoms with Crippen LogP contribution in [-0.4, -0.2) is 41.2 Å². The summed E-state index contributed by atoms with van der Waals surface area (Å²) in [7, 11) is 1.76. The highest BCUT2D eigenvalue weighted by Crippen LogP contribution is 2.26. The van der Waals surface area contributed by atoms with Crippen molar-refractivity contribution in [1.82, 2.24) is 9.97 Å². The quantitative estimate of drug-likeness (QED) is 0.730. The Bertz CT molecular complexity index is 592. The predicted molar refractivity (Wildman–Crippen MR) is 99.8 cm³/mol. The Labute approximate surface area is 150 Å². The van der Waals surface area contributed by atoms with Gasteiger partial charge in [-0.1, -0.05) is 20.8 Å². The van der Waals surface area contributed by atoms with Crippen LogP contribution < -0.4 is 16.4 Å². The normalized spacial score (nSPS) is 22.3. The van der Waals surface area contributed by atoms with Gasteiger partial charge in [0.25, 0.3) is 5.91 Å². The molecule has 25 heavy (non-hydrogen) atoms. The molecule has 7 heteroatoms. The predicted octanol–water partition coefficient (Wildman–Crippen LogP) is 2.79. The van der Waals surface area contributed by atoms with Gasteiger partial charge in [0.1, 0.15) is 5.82 Å². The van der Waals surface area contributed by atoms with Crippen LogP contribution in [0.4, 0.5) is 11.8 Å². The lowest BCUT2D eigenvalue weighted by atomic mass is 9.88. The van der Waals surface area contributed by atoms with Crippen LogP contribution in [0.2, 0.25) is 0 Å². The molecule has 1 fully saturated rings. The van der Waals surface area contributed by atoms with Gasteiger partial charge in [0.15, 0.2) is 0 Å². The standard InChI is InChI=1S/C18H31N5O2/c1-11(18(2,3)4)21-16-14(15(19)24)10-20-17(23-16)22-12-6-8-13(25-5)9-7-12/h10-13H,6-9H2,1-5H3,(H2,19,24)(H2,20,21,22,23)/t11-,12?,13?/m1/s1. The highest BCUT2D eigenvalue weighted by molar-refractivity contribution is 5.97. The molecule has 1 heterocycles. The highest BCUT2D eigenvalue weighted by atomic mass is 16.5. The molecule has 1 aliphatic rings. The van der Waals surface area contributed by atoms with E-state index in [9.17, 15) is 4.79 Å². The lowest BCUT2D eigenvalue weighted by Gasteiger charge is -2.30. The molecule has 0 saturated heterocycles. The summed E-state index contributed by atoms with van der Waals surface area (Å²) in [4.78, 5) is 20.5. The second kappa shape index (κ2) is 7.99. The van der Waals surface area contributed by atoms with Crippen LogP contribution in [0.1, 0.15) is 63.7 Å². The van der Waals surface area contributed by atoms with Crippen LogP contribution in [0, 0.1) is 5.41 Å². The molecule has 0 unspecified atom stereocenters. The number of hydrogen-bond acceptors (Lipinski definition) is 6. The summed E-state index contributed by atoms with van der Waals surface area (Å²) in [5.74, 6) is 0.475. The second-order valence-corrected chi connectivity index (χ2v) is 7.91. The van der Waals surface area contributed by atoms with E-state index in [1.54, 1.807) is 7.11 Å². The van der Waals surface area contributed by atoms with Gasteiger partial charge in [0.05, 0.1) is 11.7 Å². The number of rotatable bonds is 6. The van der Waals surface area contributed by atoms with Gasteiger partial charge in [-0.25, -0.2) is 4.98 Å². The van der Waals surface area contributed by atoms with E-state index in [1.807, 2.05) is 0 Å². The number of carbonyl (C=O) groups excluding carboxylic acids is 1. The number of ether oxygens (including phenoxy) is 1. The van der Waals surface area contributed by atoms with Crippen molar-refractivity contribution in [2.24, 2.45) is 11.1 Å². The number of carbonyl (C=O) groups is 1. The Morgan fingerprint density at radius 2 is 1.96 bits per heavy atom. The monoisotopic (exact) mass is 349 g/mol. The van der Waals surface area contributed by atoms with Crippen LogP contribution >= 0.6 is 0 Å². The molecular formula is C18H31N5O2. The van der Waals surface area contributed by atoms with E-state index in [2.05, 4.69) is 48.3 Å². The first-order valence-electron chi connectivity index (χ1n) is 8.93. The minimum atomic E-state index is -0.532. The summed E-state index contributed by atoms with van der Waals surface area (Å²) in [6.45, 7) is 8.45. The molecule has 1 aromatic heterocycles. The lowest BCUT2D eigenvalue weighted by Crippen LogP contribution is -2.33. The third-order valence-corrected chi connectivity index (χ3v) is 5.05. The molecule has 1 aromatic rings. The summed E-state index contributed by atoms with van der Waals surface area (Å²) in [6, 6.07) is 0.434. The van der Waals surface area contributed by atoms with Crippen molar-refractivity contribution in [3.05, 3.63) is 11.8 Å². The van der Waals surface area contributed by atoms with Crippen molar-refractivity contribution < 1.29 is 9.53 Å². The minimum absolute atomic E-state index is 0.0198. The zero-order chi connectivity index (χ0) is 18.6. The van der Waals surface area contributed by atoms with Crippen molar-refractivity contribution in [3.63, 3.8) is 0 Å². The molecule has 7 nitrogen and oxygen atoms in total. The van der Waals surface area contributed by atoms with Gasteiger partial charge in [0, 0.05) is 25.4 Å². The largest absolute Gasteiger partial charge is 0.381 e. The molecule has 1 amide bonds. The summed E-state index contributed by atoms with van der Waals surface area (Å²) in [5.41, 5.74) is 5.80. The van der Waals surface area contributed by atoms with Crippen molar-refractivity contribution in [2.75, 3.05) is 17.7 Å². The Hall–Kier alpha value is -1.89. The number of hydrogen-bond donors (Lipinski definition) is 3. The average Bonchev–Trinajstić information content (AvgIpc) is 2.54. The summed E-state index contributed by atoms with van der Waals surface area (Å²) < 4.78 is 5.41. The van der Waals surface area contributed by atoms with Gasteiger partial charge in [-0.15, -0.1) is 0 Å². The molecule has 1 aliphatic carbocycles. The Balaban J connectivity index is 2.12. The zero-order valence-corrected chi connectivity index (χ0v) is 15.9. The van der Waals surface area contributed by atoms with Crippen molar-refractivity contribution in [3.8, 4) is 0 Å². The number of amides is 1. The SMILES string of the molecule is COC1CCC(Nc2ncc(C(N)=O)c(N[C@H](C)C(C)(C)C)n2)CC1. The molecule has 0 radical (unpaired) electrons. The van der Waals surface area contributed by atoms with Crippen molar-refractivity contribution in [2.45, 2.75) is 71.6 Å². The molecule has 2 rings (SSSR count). The number of primary amides is 1. The first kappa shape index (κ1) is 19.4. The van der Waals surface area contributed by atoms with E-state index < -0.39 is 5.91 Å². The Morgan fingerprint density at radius 1 is 1.32 bits per heavy atom. The van der Waals surface area contributed by atoms with E-state index in [-0.39, 0.29) is 11.5 Å². The number of methoxy groups -OCH3 is 1. The summed E-state index contributed by atoms with van der Waals surface area (Å²) in [5, 5.41) is 6.69. The maximum atomic E-state index is 11.7. The van der Waals surface area contributed by atoms with Crippen LogP contribution in [0.5, 0.6) is 0 Å². The molecule has 0 aliphatic heterocycles. The maximum absolute atomic E-state index is 11.7. The van der Waals surface area contributed by atoms with Gasteiger partial charge >= 0.3 is 0 Å². The number of aromatic nitrogens is 2. The van der Waals surface area contributed by atoms with Crippen molar-refractivity contribution >= 4 is 17.7 Å². The molecule has 4 N–H and O–H groups in total. The second-order valence-electron chi connectivity index (χ2n) is 7.91. The number of nitrogens with one attached hydrogen (secondary N) is 2. The topological polar surface area (TPSA) is 102 Å². The minimum Gasteiger partial charge on any atom is -0.381 e. The van der Waals surface area contributed by atoms with E-state index in [1.165, 1.54) is 6.20 Å². The van der Waals surface area contributed by atoms with Gasteiger partial charge < -0.3 is 21.1 Å². The molecule has 0 bridgehead atoms. The third-order valence-electron chi connectivity index (χ3n) is 5.05. The molecule has 140 valence electrons. The van der Waals surface area contributed by atoms with Crippen LogP contribution in [0.15, 0.2) is 6.20 Å². The first-order chi connectivity index (χ1) is 11.7. The number of nitrogens with two attached hydrogens (primary N) is 1. The van der Waals surface area contributed by atoms with E-state index in [0.29, 0.717) is 29.5 Å². The summed E-state index contributed by atoms with van der Waals surface area (Å²) >= 11 is 0. The molecule has 0 aromatic carbocycles. The van der Waals surface area contributed by atoms with Gasteiger partial charge in [-0.2, -0.15) is 4.98 Å². The van der Waals surface area contributed by atoms with E-state index in [0.717, 1.165) is 25.7 Å². The van der Waals surface area contributed by atoms with Crippen LogP contribution in [-0.2, 0) is 4.74 Å². The zero-order valence-electron chi connectivity index (χ0n) is 15.9. The third kappa shape index (κ3) is 5.29. The summed E-state index contributed by atoms with van der Waals surface area (Å²) in [6.07, 6.45) is 5.93. The van der Waals surface area contributed by atoms with Gasteiger partial charge in [-0.05, 0) is 38.0 Å². The lowest BCUT2D eigenvalue weighted by molar-refractivity contribution is 0.0681. The first-order valence-corrected chi connectivity index (χ1v) is 8.93. The molecule has 0 spiro atoms. The fourth-order valence-corrected chi connectivity index (χ4v) is 2.79. The van der Waals surface area contributed by atoms with E-state index in [4.69, 9.17) is 10.5 Å². The fourth-order valence-electron chi connectivity index (χ4n) is 2.79. The van der Waals surface area contributed by atoms with Crippen LogP contribution in [0.25, 0.3) is 0 Å². The number of nitrogens with zero attached hydrogens (tertiary/aromatic N) is 2. The smallest absolute Gasteiger partial charge is 0.254 e. The molecular weight excluding hydrogens is 318 g/mol. The molecule has 1 atom stereocenters. The van der Waals surface area contributed by atoms with Crippen LogP contribution in [0.3, 0.4) is 0 Å². The maximum Gasteiger partial charge on any atom is 0.254 e. The Kier molecular flexibility index (Phi) is 6.21. The highest BCUT2D eigenvalue weighted by Gasteiger charge is 2.24. The van der Waals surface area contributed by atoms with Gasteiger partial charge in [0.2, 0.25) is 5.95 Å². The van der Waals surface area contributed by atoms with E-state index >= 15 is 0 Å². The van der Waals surface area contributed by atoms with Crippen molar-refractivity contribution in [1.29, 1.82) is 0 Å². The average molecular weight is 349 g/mol. The fraction of sp³-hybridized carbons (Fsp3) is 0.722.